The maximum absolute atomic E-state index is 15.0. The van der Waals surface area contributed by atoms with Gasteiger partial charge in [0.25, 0.3) is 0 Å². The number of aromatic nitrogens is 4. The summed E-state index contributed by atoms with van der Waals surface area (Å²) in [6, 6.07) is 16.1. The highest BCUT2D eigenvalue weighted by atomic mass is 32.2. The Balaban J connectivity index is 1.69. The third-order valence-electron chi connectivity index (χ3n) is 5.87. The second-order valence-corrected chi connectivity index (χ2v) is 10.6. The summed E-state index contributed by atoms with van der Waals surface area (Å²) in [6.07, 6.45) is 1.19. The van der Waals surface area contributed by atoms with Crippen LogP contribution in [0.4, 0.5) is 4.39 Å². The van der Waals surface area contributed by atoms with Gasteiger partial charge in [-0.2, -0.15) is 5.10 Å². The van der Waals surface area contributed by atoms with E-state index in [9.17, 15) is 8.42 Å². The van der Waals surface area contributed by atoms with Crippen molar-refractivity contribution in [2.24, 2.45) is 0 Å². The molecule has 168 valence electrons. The van der Waals surface area contributed by atoms with Gasteiger partial charge in [0.05, 0.1) is 15.9 Å². The van der Waals surface area contributed by atoms with Crippen molar-refractivity contribution >= 4 is 31.8 Å². The minimum Gasteiger partial charge on any atom is -0.326 e. The summed E-state index contributed by atoms with van der Waals surface area (Å²) in [7, 11) is -3.32. The van der Waals surface area contributed by atoms with Crippen LogP contribution in [0.1, 0.15) is 25.7 Å². The zero-order valence-corrected chi connectivity index (χ0v) is 19.5. The predicted octanol–water partition coefficient (Wildman–Crippen LogP) is 5.68. The van der Waals surface area contributed by atoms with Crippen molar-refractivity contribution < 1.29 is 12.8 Å². The van der Waals surface area contributed by atoms with Gasteiger partial charge in [-0.15, -0.1) is 0 Å². The number of rotatable bonds is 4. The quantitative estimate of drug-likeness (QED) is 0.373. The Morgan fingerprint density at radius 2 is 1.76 bits per heavy atom. The summed E-state index contributed by atoms with van der Waals surface area (Å²) in [5.74, 6) is 0.370. The Morgan fingerprint density at radius 1 is 1.00 bits per heavy atom. The average molecular weight is 463 g/mol. The van der Waals surface area contributed by atoms with E-state index in [2.05, 4.69) is 15.2 Å². The summed E-state index contributed by atoms with van der Waals surface area (Å²) >= 11 is 0. The zero-order valence-electron chi connectivity index (χ0n) is 18.7. The molecule has 1 N–H and O–H groups in total. The number of fused-ring (bicyclic) bond motifs is 2. The Kier molecular flexibility index (Phi) is 4.86. The van der Waals surface area contributed by atoms with Gasteiger partial charge in [-0.1, -0.05) is 18.2 Å². The summed E-state index contributed by atoms with van der Waals surface area (Å²) in [5.41, 5.74) is 4.79. The number of sulfone groups is 1. The molecule has 0 amide bonds. The summed E-state index contributed by atoms with van der Waals surface area (Å²) in [5, 5.41) is 8.31. The van der Waals surface area contributed by atoms with Gasteiger partial charge < -0.3 is 4.57 Å². The summed E-state index contributed by atoms with van der Waals surface area (Å²) in [6.45, 7) is 5.96. The lowest BCUT2D eigenvalue weighted by Gasteiger charge is -2.11. The fourth-order valence-corrected chi connectivity index (χ4v) is 5.04. The standard InChI is InChI=1S/C25H23FN4O2S/c1-14(2)30-15(3)27-25-21(26)12-18(13-23(25)30)24-20-11-17(8-9-22(20)28-29-24)16-6-5-7-19(10-16)33(4,31)32/h5-14H,1-4H3,(H,28,29). The minimum absolute atomic E-state index is 0.134. The van der Waals surface area contributed by atoms with Crippen molar-refractivity contribution in [3.63, 3.8) is 0 Å². The third-order valence-corrected chi connectivity index (χ3v) is 6.98. The molecule has 0 aliphatic heterocycles. The predicted molar refractivity (Wildman–Crippen MR) is 128 cm³/mol. The first-order valence-electron chi connectivity index (χ1n) is 10.6. The van der Waals surface area contributed by atoms with Gasteiger partial charge in [0, 0.05) is 23.2 Å². The summed E-state index contributed by atoms with van der Waals surface area (Å²) < 4.78 is 41.0. The number of imidazole rings is 1. The van der Waals surface area contributed by atoms with Crippen LogP contribution in [0.25, 0.3) is 44.3 Å². The van der Waals surface area contributed by atoms with Gasteiger partial charge >= 0.3 is 0 Å². The van der Waals surface area contributed by atoms with Gasteiger partial charge in [-0.05, 0) is 68.3 Å². The molecule has 0 unspecified atom stereocenters. The van der Waals surface area contributed by atoms with E-state index in [1.54, 1.807) is 18.2 Å². The second kappa shape index (κ2) is 7.52. The lowest BCUT2D eigenvalue weighted by Crippen LogP contribution is -2.02. The van der Waals surface area contributed by atoms with E-state index in [1.807, 2.05) is 55.7 Å². The molecule has 5 aromatic rings. The molecule has 0 saturated heterocycles. The molecule has 0 aliphatic carbocycles. The van der Waals surface area contributed by atoms with Gasteiger partial charge in [0.1, 0.15) is 17.0 Å². The molecule has 6 nitrogen and oxygen atoms in total. The van der Waals surface area contributed by atoms with Crippen molar-refractivity contribution in [1.82, 2.24) is 19.7 Å². The third kappa shape index (κ3) is 3.60. The highest BCUT2D eigenvalue weighted by Gasteiger charge is 2.18. The molecule has 0 radical (unpaired) electrons. The SMILES string of the molecule is Cc1nc2c(F)cc(-c3n[nH]c4ccc(-c5cccc(S(C)(=O)=O)c5)cc34)cc2n1C(C)C. The molecule has 33 heavy (non-hydrogen) atoms. The first-order valence-corrected chi connectivity index (χ1v) is 12.5. The van der Waals surface area contributed by atoms with Gasteiger partial charge in [0.15, 0.2) is 15.7 Å². The number of halogens is 1. The maximum atomic E-state index is 15.0. The van der Waals surface area contributed by atoms with E-state index in [0.29, 0.717) is 16.8 Å². The molecule has 8 heteroatoms. The van der Waals surface area contributed by atoms with Crippen molar-refractivity contribution in [2.45, 2.75) is 31.7 Å². The monoisotopic (exact) mass is 462 g/mol. The Bertz CT molecular complexity index is 1650. The molecule has 3 aromatic carbocycles. The van der Waals surface area contributed by atoms with Crippen molar-refractivity contribution in [3.8, 4) is 22.4 Å². The van der Waals surface area contributed by atoms with Crippen LogP contribution >= 0.6 is 0 Å². The molecule has 0 aliphatic rings. The van der Waals surface area contributed by atoms with Gasteiger partial charge in [-0.25, -0.2) is 17.8 Å². The number of hydrogen-bond donors (Lipinski definition) is 1. The topological polar surface area (TPSA) is 80.6 Å². The van der Waals surface area contributed by atoms with Crippen LogP contribution in [0.5, 0.6) is 0 Å². The van der Waals surface area contributed by atoms with E-state index in [1.165, 1.54) is 12.3 Å². The van der Waals surface area contributed by atoms with Crippen LogP contribution in [-0.4, -0.2) is 34.4 Å². The van der Waals surface area contributed by atoms with Crippen LogP contribution in [0, 0.1) is 12.7 Å². The van der Waals surface area contributed by atoms with Crippen LogP contribution in [0.15, 0.2) is 59.5 Å². The van der Waals surface area contributed by atoms with Gasteiger partial charge in [-0.3, -0.25) is 5.10 Å². The molecule has 0 fully saturated rings. The Labute approximate surface area is 191 Å². The highest BCUT2D eigenvalue weighted by Crippen LogP contribution is 2.34. The number of aryl methyl sites for hydroxylation is 1. The molecule has 0 spiro atoms. The van der Waals surface area contributed by atoms with Crippen LogP contribution in [0.3, 0.4) is 0 Å². The van der Waals surface area contributed by atoms with Crippen molar-refractivity contribution in [3.05, 3.63) is 66.2 Å². The van der Waals surface area contributed by atoms with E-state index in [-0.39, 0.29) is 10.9 Å². The molecule has 2 heterocycles. The number of hydrogen-bond acceptors (Lipinski definition) is 4. The average Bonchev–Trinajstić information content (AvgIpc) is 3.33. The summed E-state index contributed by atoms with van der Waals surface area (Å²) in [4.78, 5) is 4.67. The minimum atomic E-state index is -3.32. The van der Waals surface area contributed by atoms with E-state index < -0.39 is 15.7 Å². The molecule has 5 rings (SSSR count). The van der Waals surface area contributed by atoms with Crippen LogP contribution in [0.2, 0.25) is 0 Å². The fourth-order valence-electron chi connectivity index (χ4n) is 4.38. The van der Waals surface area contributed by atoms with Crippen molar-refractivity contribution in [1.29, 1.82) is 0 Å². The Morgan fingerprint density at radius 3 is 2.48 bits per heavy atom. The second-order valence-electron chi connectivity index (χ2n) is 8.58. The van der Waals surface area contributed by atoms with E-state index in [4.69, 9.17) is 0 Å². The van der Waals surface area contributed by atoms with Crippen molar-refractivity contribution in [2.75, 3.05) is 6.26 Å². The normalized spacial score (nSPS) is 12.3. The fraction of sp³-hybridized carbons (Fsp3) is 0.200. The van der Waals surface area contributed by atoms with Crippen LogP contribution < -0.4 is 0 Å². The maximum Gasteiger partial charge on any atom is 0.175 e. The van der Waals surface area contributed by atoms with E-state index in [0.717, 1.165) is 33.4 Å². The number of nitrogens with one attached hydrogen (secondary N) is 1. The smallest absolute Gasteiger partial charge is 0.175 e. The highest BCUT2D eigenvalue weighted by molar-refractivity contribution is 7.90. The molecule has 0 atom stereocenters. The van der Waals surface area contributed by atoms with E-state index >= 15 is 4.39 Å². The first kappa shape index (κ1) is 21.3. The van der Waals surface area contributed by atoms with Gasteiger partial charge in [0.2, 0.25) is 0 Å². The largest absolute Gasteiger partial charge is 0.326 e. The molecule has 2 aromatic heterocycles. The zero-order chi connectivity index (χ0) is 23.5. The first-order chi connectivity index (χ1) is 15.6. The number of benzene rings is 3. The lowest BCUT2D eigenvalue weighted by molar-refractivity contribution is 0.599. The molecule has 0 saturated carbocycles. The number of H-pyrrole nitrogens is 1. The Hall–Kier alpha value is -3.52. The van der Waals surface area contributed by atoms with Crippen LogP contribution in [-0.2, 0) is 9.84 Å². The number of nitrogens with zero attached hydrogens (tertiary/aromatic N) is 3. The number of aromatic amines is 1. The molecular formula is C25H23FN4O2S. The lowest BCUT2D eigenvalue weighted by atomic mass is 10.0. The molecule has 0 bridgehead atoms. The molecular weight excluding hydrogens is 439 g/mol.